The highest BCUT2D eigenvalue weighted by atomic mass is 16.2. The molecule has 0 bridgehead atoms. The maximum atomic E-state index is 13.7. The standard InChI is InChI=1S/C32H51N5O5/c1-9-21(8)16-24-29(39)36-26(19(4)5)31(41)34-23(15-18(2)3)28(38)33-25(17-22-13-11-10-12-14-22)30(40)37-27(20(6)7)32(42)35-24/h10-14,18-21,23-27H,9,15-17H2,1-8H3,(H,33,38)(H,34,41)(H,35,42)(H,36,39)(H,37,40)/t21?,23-,24-,25-,26-,27-/m0/s1. The molecule has 5 N–H and O–H groups in total. The second kappa shape index (κ2) is 16.3. The first-order chi connectivity index (χ1) is 19.7. The summed E-state index contributed by atoms with van der Waals surface area (Å²) in [5.74, 6) is -2.90. The first-order valence-electron chi connectivity index (χ1n) is 15.3. The van der Waals surface area contributed by atoms with Crippen LogP contribution in [-0.2, 0) is 30.4 Å². The van der Waals surface area contributed by atoms with Crippen LogP contribution < -0.4 is 26.6 Å². The SMILES string of the molecule is CCC(C)C[C@@H]1NC(=O)[C@H](C(C)C)NC(=O)[C@H](Cc2ccccc2)NC(=O)[C@H](CC(C)C)NC(=O)[C@H](C(C)C)NC1=O. The summed E-state index contributed by atoms with van der Waals surface area (Å²) >= 11 is 0. The number of hydrogen-bond donors (Lipinski definition) is 5. The summed E-state index contributed by atoms with van der Waals surface area (Å²) in [4.78, 5) is 68.0. The van der Waals surface area contributed by atoms with E-state index in [1.54, 1.807) is 0 Å². The molecule has 0 aromatic heterocycles. The smallest absolute Gasteiger partial charge is 0.243 e. The maximum Gasteiger partial charge on any atom is 0.243 e. The lowest BCUT2D eigenvalue weighted by Gasteiger charge is -2.29. The number of rotatable bonds is 9. The lowest BCUT2D eigenvalue weighted by Crippen LogP contribution is -2.59. The van der Waals surface area contributed by atoms with E-state index in [4.69, 9.17) is 0 Å². The molecule has 1 saturated heterocycles. The van der Waals surface area contributed by atoms with Gasteiger partial charge in [0.1, 0.15) is 30.2 Å². The Morgan fingerprint density at radius 1 is 0.571 bits per heavy atom. The third kappa shape index (κ3) is 10.4. The van der Waals surface area contributed by atoms with Crippen LogP contribution in [0.25, 0.3) is 0 Å². The van der Waals surface area contributed by atoms with Crippen LogP contribution in [0.1, 0.15) is 80.2 Å². The lowest BCUT2D eigenvalue weighted by atomic mass is 9.96. The van der Waals surface area contributed by atoms with Gasteiger partial charge in [0.15, 0.2) is 0 Å². The minimum absolute atomic E-state index is 0.0590. The number of amides is 5. The van der Waals surface area contributed by atoms with E-state index in [2.05, 4.69) is 26.6 Å². The Morgan fingerprint density at radius 2 is 1.00 bits per heavy atom. The molecule has 1 aromatic rings. The molecule has 42 heavy (non-hydrogen) atoms. The fourth-order valence-corrected chi connectivity index (χ4v) is 4.94. The van der Waals surface area contributed by atoms with Gasteiger partial charge in [-0.3, -0.25) is 24.0 Å². The average molecular weight is 586 g/mol. The van der Waals surface area contributed by atoms with Crippen molar-refractivity contribution in [2.75, 3.05) is 0 Å². The maximum absolute atomic E-state index is 13.7. The van der Waals surface area contributed by atoms with E-state index in [1.807, 2.05) is 85.7 Å². The number of hydrogen-bond acceptors (Lipinski definition) is 5. The van der Waals surface area contributed by atoms with Crippen molar-refractivity contribution >= 4 is 29.5 Å². The van der Waals surface area contributed by atoms with E-state index in [-0.39, 0.29) is 30.1 Å². The Bertz CT molecular complexity index is 1070. The molecule has 1 aliphatic heterocycles. The average Bonchev–Trinajstić information content (AvgIpc) is 2.92. The van der Waals surface area contributed by atoms with Crippen LogP contribution in [0.15, 0.2) is 30.3 Å². The molecule has 0 radical (unpaired) electrons. The van der Waals surface area contributed by atoms with Gasteiger partial charge in [-0.25, -0.2) is 0 Å². The molecular weight excluding hydrogens is 534 g/mol. The summed E-state index contributed by atoms with van der Waals surface area (Å²) in [5.41, 5.74) is 0.828. The van der Waals surface area contributed by atoms with Crippen molar-refractivity contribution in [1.29, 1.82) is 0 Å². The summed E-state index contributed by atoms with van der Waals surface area (Å²) in [5, 5.41) is 14.2. The molecule has 10 nitrogen and oxygen atoms in total. The predicted molar refractivity (Wildman–Crippen MR) is 163 cm³/mol. The van der Waals surface area contributed by atoms with Crippen LogP contribution >= 0.6 is 0 Å². The number of carbonyl (C=O) groups is 5. The van der Waals surface area contributed by atoms with E-state index in [1.165, 1.54) is 0 Å². The van der Waals surface area contributed by atoms with Gasteiger partial charge in [-0.1, -0.05) is 92.1 Å². The molecule has 10 heteroatoms. The summed E-state index contributed by atoms with van der Waals surface area (Å²) in [7, 11) is 0. The molecule has 1 unspecified atom stereocenters. The highest BCUT2D eigenvalue weighted by molar-refractivity contribution is 5.98. The van der Waals surface area contributed by atoms with Crippen LogP contribution in [0, 0.1) is 23.7 Å². The zero-order valence-corrected chi connectivity index (χ0v) is 26.5. The van der Waals surface area contributed by atoms with Crippen molar-refractivity contribution < 1.29 is 24.0 Å². The van der Waals surface area contributed by atoms with Gasteiger partial charge in [-0.2, -0.15) is 0 Å². The molecule has 6 atom stereocenters. The van der Waals surface area contributed by atoms with Crippen LogP contribution in [0.3, 0.4) is 0 Å². The first kappa shape index (κ1) is 34.8. The van der Waals surface area contributed by atoms with E-state index >= 15 is 0 Å². The number of benzene rings is 1. The highest BCUT2D eigenvalue weighted by Crippen LogP contribution is 2.15. The van der Waals surface area contributed by atoms with E-state index in [0.29, 0.717) is 12.8 Å². The molecule has 1 aromatic carbocycles. The van der Waals surface area contributed by atoms with Crippen LogP contribution in [-0.4, -0.2) is 59.7 Å². The van der Waals surface area contributed by atoms with Crippen molar-refractivity contribution in [3.8, 4) is 0 Å². The molecule has 1 aliphatic rings. The summed E-state index contributed by atoms with van der Waals surface area (Å²) in [6.45, 7) is 15.1. The summed E-state index contributed by atoms with van der Waals surface area (Å²) in [6.07, 6.45) is 1.69. The minimum atomic E-state index is -0.998. The third-order valence-corrected chi connectivity index (χ3v) is 7.72. The van der Waals surface area contributed by atoms with E-state index in [9.17, 15) is 24.0 Å². The minimum Gasteiger partial charge on any atom is -0.343 e. The Kier molecular flexibility index (Phi) is 13.5. The second-order valence-electron chi connectivity index (χ2n) is 12.7. The zero-order chi connectivity index (χ0) is 31.6. The third-order valence-electron chi connectivity index (χ3n) is 7.72. The molecular formula is C32H51N5O5. The predicted octanol–water partition coefficient (Wildman–Crippen LogP) is 2.46. The van der Waals surface area contributed by atoms with Crippen LogP contribution in [0.5, 0.6) is 0 Å². The van der Waals surface area contributed by atoms with Gasteiger partial charge in [0.25, 0.3) is 0 Å². The van der Waals surface area contributed by atoms with Gasteiger partial charge in [0.05, 0.1) is 0 Å². The van der Waals surface area contributed by atoms with Crippen molar-refractivity contribution in [2.24, 2.45) is 23.7 Å². The fraction of sp³-hybridized carbons (Fsp3) is 0.656. The first-order valence-corrected chi connectivity index (χ1v) is 15.3. The van der Waals surface area contributed by atoms with Crippen molar-refractivity contribution in [1.82, 2.24) is 26.6 Å². The molecule has 2 rings (SSSR count). The van der Waals surface area contributed by atoms with E-state index in [0.717, 1.165) is 12.0 Å². The zero-order valence-electron chi connectivity index (χ0n) is 26.5. The number of carbonyl (C=O) groups excluding carboxylic acids is 5. The largest absolute Gasteiger partial charge is 0.343 e. The molecule has 234 valence electrons. The van der Waals surface area contributed by atoms with Gasteiger partial charge in [-0.05, 0) is 42.1 Å². The summed E-state index contributed by atoms with van der Waals surface area (Å²) < 4.78 is 0. The van der Waals surface area contributed by atoms with Crippen molar-refractivity contribution in [2.45, 2.75) is 111 Å². The second-order valence-corrected chi connectivity index (χ2v) is 12.7. The Balaban J connectivity index is 2.59. The molecule has 0 saturated carbocycles. The Hall–Kier alpha value is -3.43. The van der Waals surface area contributed by atoms with Crippen LogP contribution in [0.2, 0.25) is 0 Å². The van der Waals surface area contributed by atoms with E-state index < -0.39 is 59.7 Å². The molecule has 5 amide bonds. The van der Waals surface area contributed by atoms with Gasteiger partial charge in [0.2, 0.25) is 29.5 Å². The normalized spacial score (nSPS) is 25.6. The monoisotopic (exact) mass is 585 g/mol. The van der Waals surface area contributed by atoms with Gasteiger partial charge in [0, 0.05) is 6.42 Å². The van der Waals surface area contributed by atoms with Crippen molar-refractivity contribution in [3.63, 3.8) is 0 Å². The molecule has 1 fully saturated rings. The highest BCUT2D eigenvalue weighted by Gasteiger charge is 2.36. The fourth-order valence-electron chi connectivity index (χ4n) is 4.94. The van der Waals surface area contributed by atoms with Gasteiger partial charge < -0.3 is 26.6 Å². The Labute approximate surface area is 250 Å². The lowest BCUT2D eigenvalue weighted by molar-refractivity contribution is -0.135. The topological polar surface area (TPSA) is 146 Å². The molecule has 0 spiro atoms. The van der Waals surface area contributed by atoms with Gasteiger partial charge in [-0.15, -0.1) is 0 Å². The molecule has 1 heterocycles. The quantitative estimate of drug-likeness (QED) is 0.302. The molecule has 0 aliphatic carbocycles. The number of nitrogens with one attached hydrogen (secondary N) is 5. The summed E-state index contributed by atoms with van der Waals surface area (Å²) in [6, 6.07) is 4.57. The Morgan fingerprint density at radius 3 is 1.45 bits per heavy atom. The van der Waals surface area contributed by atoms with Gasteiger partial charge >= 0.3 is 0 Å². The van der Waals surface area contributed by atoms with Crippen LogP contribution in [0.4, 0.5) is 0 Å². The van der Waals surface area contributed by atoms with Crippen molar-refractivity contribution in [3.05, 3.63) is 35.9 Å².